The fourth-order valence-corrected chi connectivity index (χ4v) is 4.06. The number of hydrogen-bond acceptors (Lipinski definition) is 2. The van der Waals surface area contributed by atoms with E-state index in [0.717, 1.165) is 0 Å². The number of hydrogen-bond donors (Lipinski definition) is 1. The third-order valence-electron chi connectivity index (χ3n) is 3.70. The Balaban J connectivity index is 3.18. The maximum Gasteiger partial charge on any atom is 0.0790 e. The van der Waals surface area contributed by atoms with Crippen LogP contribution in [0.3, 0.4) is 0 Å². The van der Waals surface area contributed by atoms with Gasteiger partial charge in [-0.3, -0.25) is 0 Å². The normalized spacial score (nSPS) is 17.3. The van der Waals surface area contributed by atoms with E-state index in [1.54, 1.807) is 7.11 Å². The summed E-state index contributed by atoms with van der Waals surface area (Å²) in [4.78, 5) is 0. The molecule has 0 saturated carbocycles. The highest BCUT2D eigenvalue weighted by Gasteiger charge is 2.39. The molecule has 0 heterocycles. The molecule has 3 atom stereocenters. The maximum atomic E-state index is 10.8. The number of aliphatic hydroxyl groups is 1. The molecule has 3 heteroatoms. The first kappa shape index (κ1) is 16.4. The summed E-state index contributed by atoms with van der Waals surface area (Å²) in [6.45, 7) is 10.9. The molecule has 0 spiro atoms. The van der Waals surface area contributed by atoms with E-state index in [9.17, 15) is 5.11 Å². The van der Waals surface area contributed by atoms with Gasteiger partial charge in [-0.1, -0.05) is 63.8 Å². The summed E-state index contributed by atoms with van der Waals surface area (Å²) in [7, 11) is 0.0917. The van der Waals surface area contributed by atoms with Crippen LogP contribution in [0.5, 0.6) is 0 Å². The molecule has 19 heavy (non-hydrogen) atoms. The fraction of sp³-hybridized carbons (Fsp3) is 0.625. The Labute approximate surface area is 118 Å². The number of benzene rings is 1. The predicted octanol–water partition coefficient (Wildman–Crippen LogP) is 3.68. The van der Waals surface area contributed by atoms with Crippen molar-refractivity contribution in [3.05, 3.63) is 35.9 Å². The molecule has 0 saturated heterocycles. The van der Waals surface area contributed by atoms with Gasteiger partial charge in [-0.2, -0.15) is 0 Å². The first-order valence-electron chi connectivity index (χ1n) is 7.04. The van der Waals surface area contributed by atoms with Crippen LogP contribution in [0, 0.1) is 5.92 Å². The monoisotopic (exact) mass is 280 g/mol. The molecule has 108 valence electrons. The minimum absolute atomic E-state index is 0.0455. The van der Waals surface area contributed by atoms with Crippen molar-refractivity contribution in [2.75, 3.05) is 7.11 Å². The Morgan fingerprint density at radius 1 is 1.05 bits per heavy atom. The van der Waals surface area contributed by atoms with Crippen molar-refractivity contribution < 1.29 is 9.84 Å². The van der Waals surface area contributed by atoms with Gasteiger partial charge in [-0.25, -0.2) is 0 Å². The zero-order chi connectivity index (χ0) is 14.6. The minimum atomic E-state index is -1.66. The Bertz CT molecular complexity index is 368. The summed E-state index contributed by atoms with van der Waals surface area (Å²) in [6, 6.07) is 10.3. The van der Waals surface area contributed by atoms with Crippen molar-refractivity contribution in [3.8, 4) is 0 Å². The summed E-state index contributed by atoms with van der Waals surface area (Å²) in [6.07, 6.45) is 0.0455. The van der Waals surface area contributed by atoms with Crippen molar-refractivity contribution in [2.45, 2.75) is 51.2 Å². The lowest BCUT2D eigenvalue weighted by molar-refractivity contribution is 0.0135. The molecule has 1 aromatic rings. The van der Waals surface area contributed by atoms with Crippen LogP contribution in [0.1, 0.15) is 25.3 Å². The summed E-state index contributed by atoms with van der Waals surface area (Å²) in [5.74, 6) is 0.430. The molecule has 1 N–H and O–H groups in total. The Morgan fingerprint density at radius 3 is 1.95 bits per heavy atom. The summed E-state index contributed by atoms with van der Waals surface area (Å²) in [5, 5.41) is 10.8. The van der Waals surface area contributed by atoms with Crippen LogP contribution in [-0.2, 0) is 4.74 Å². The van der Waals surface area contributed by atoms with Gasteiger partial charge in [-0.15, -0.1) is 0 Å². The van der Waals surface area contributed by atoms with Crippen molar-refractivity contribution in [2.24, 2.45) is 5.92 Å². The lowest BCUT2D eigenvalue weighted by atomic mass is 9.87. The summed E-state index contributed by atoms with van der Waals surface area (Å²) >= 11 is 0. The molecule has 0 unspecified atom stereocenters. The molecule has 0 aliphatic rings. The van der Waals surface area contributed by atoms with E-state index >= 15 is 0 Å². The van der Waals surface area contributed by atoms with E-state index < -0.39 is 8.07 Å². The summed E-state index contributed by atoms with van der Waals surface area (Å²) in [5.41, 5.74) is 0.875. The van der Waals surface area contributed by atoms with Gasteiger partial charge in [0.1, 0.15) is 0 Å². The highest BCUT2D eigenvalue weighted by Crippen LogP contribution is 2.33. The molecule has 1 aromatic carbocycles. The van der Waals surface area contributed by atoms with Gasteiger partial charge in [0.25, 0.3) is 0 Å². The highest BCUT2D eigenvalue weighted by atomic mass is 28.3. The van der Waals surface area contributed by atoms with Crippen LogP contribution in [0.15, 0.2) is 30.3 Å². The van der Waals surface area contributed by atoms with E-state index in [0.29, 0.717) is 5.92 Å². The van der Waals surface area contributed by atoms with Crippen molar-refractivity contribution in [3.63, 3.8) is 0 Å². The zero-order valence-electron chi connectivity index (χ0n) is 13.1. The van der Waals surface area contributed by atoms with Crippen LogP contribution >= 0.6 is 0 Å². The quantitative estimate of drug-likeness (QED) is 0.806. The lowest BCUT2D eigenvalue weighted by Crippen LogP contribution is -2.48. The second kappa shape index (κ2) is 6.68. The molecule has 0 aliphatic carbocycles. The van der Waals surface area contributed by atoms with E-state index in [-0.39, 0.29) is 17.7 Å². The second-order valence-corrected chi connectivity index (χ2v) is 12.0. The predicted molar refractivity (Wildman–Crippen MR) is 84.2 cm³/mol. The van der Waals surface area contributed by atoms with Crippen LogP contribution in [-0.4, -0.2) is 32.1 Å². The maximum absolute atomic E-state index is 10.8. The number of rotatable bonds is 6. The molecule has 0 radical (unpaired) electrons. The minimum Gasteiger partial charge on any atom is -0.396 e. The Hall–Kier alpha value is -0.643. The number of aliphatic hydroxyl groups excluding tert-OH is 1. The highest BCUT2D eigenvalue weighted by molar-refractivity contribution is 6.77. The van der Waals surface area contributed by atoms with Gasteiger partial charge >= 0.3 is 0 Å². The van der Waals surface area contributed by atoms with Crippen LogP contribution in [0.25, 0.3) is 0 Å². The molecule has 0 fully saturated rings. The molecule has 0 bridgehead atoms. The van der Waals surface area contributed by atoms with E-state index in [2.05, 4.69) is 45.6 Å². The third-order valence-corrected chi connectivity index (χ3v) is 5.83. The Morgan fingerprint density at radius 2 is 1.58 bits per heavy atom. The van der Waals surface area contributed by atoms with Crippen LogP contribution in [0.4, 0.5) is 0 Å². The number of methoxy groups -OCH3 is 1. The molecular weight excluding hydrogens is 252 g/mol. The van der Waals surface area contributed by atoms with Crippen molar-refractivity contribution in [1.82, 2.24) is 0 Å². The first-order valence-corrected chi connectivity index (χ1v) is 10.6. The number of ether oxygens (including phenoxy) is 1. The van der Waals surface area contributed by atoms with E-state index in [4.69, 9.17) is 4.74 Å². The van der Waals surface area contributed by atoms with Crippen LogP contribution < -0.4 is 0 Å². The largest absolute Gasteiger partial charge is 0.396 e. The van der Waals surface area contributed by atoms with Gasteiger partial charge < -0.3 is 9.84 Å². The fourth-order valence-electron chi connectivity index (χ4n) is 2.60. The van der Waals surface area contributed by atoms with Gasteiger partial charge in [0.2, 0.25) is 0 Å². The molecule has 0 aliphatic heterocycles. The standard InChI is InChI=1S/C16H28O2Si/c1-12(2)15(18-3)14(16(17)19(4,5)6)13-10-8-7-9-11-13/h7-12,14-17H,1-6H3/t14-,15-,16+/m0/s1. The van der Waals surface area contributed by atoms with Crippen molar-refractivity contribution >= 4 is 8.07 Å². The van der Waals surface area contributed by atoms with E-state index in [1.165, 1.54) is 5.56 Å². The summed E-state index contributed by atoms with van der Waals surface area (Å²) < 4.78 is 5.71. The van der Waals surface area contributed by atoms with Gasteiger partial charge in [0.15, 0.2) is 0 Å². The topological polar surface area (TPSA) is 29.5 Å². The van der Waals surface area contributed by atoms with Gasteiger partial charge in [0.05, 0.1) is 19.9 Å². The zero-order valence-corrected chi connectivity index (χ0v) is 14.1. The molecule has 0 amide bonds. The van der Waals surface area contributed by atoms with Crippen molar-refractivity contribution in [1.29, 1.82) is 0 Å². The average molecular weight is 280 g/mol. The smallest absolute Gasteiger partial charge is 0.0790 e. The first-order chi connectivity index (χ1) is 8.79. The molecule has 1 rings (SSSR count). The lowest BCUT2D eigenvalue weighted by Gasteiger charge is -2.38. The van der Waals surface area contributed by atoms with Gasteiger partial charge in [-0.05, 0) is 11.5 Å². The third kappa shape index (κ3) is 4.16. The Kier molecular flexibility index (Phi) is 5.77. The molecule has 0 aromatic heterocycles. The van der Waals surface area contributed by atoms with Gasteiger partial charge in [0, 0.05) is 13.0 Å². The molecule has 2 nitrogen and oxygen atoms in total. The van der Waals surface area contributed by atoms with E-state index in [1.807, 2.05) is 18.2 Å². The second-order valence-electron chi connectivity index (χ2n) is 6.69. The molecular formula is C16H28O2Si. The SMILES string of the molecule is CO[C@@H](C(C)C)[C@H](c1ccccc1)[C@H](O)[Si](C)(C)C. The average Bonchev–Trinajstić information content (AvgIpc) is 2.34. The van der Waals surface area contributed by atoms with Crippen LogP contribution in [0.2, 0.25) is 19.6 Å².